The number of nitrogens with zero attached hydrogens (tertiary/aromatic N) is 1. The van der Waals surface area contributed by atoms with Crippen LogP contribution in [-0.4, -0.2) is 33.6 Å². The number of thiocarbonyl (C=S) groups is 1. The van der Waals surface area contributed by atoms with E-state index < -0.39 is 0 Å². The van der Waals surface area contributed by atoms with Crippen molar-refractivity contribution in [3.8, 4) is 0 Å². The van der Waals surface area contributed by atoms with Gasteiger partial charge in [-0.2, -0.15) is 0 Å². The lowest BCUT2D eigenvalue weighted by atomic mass is 9.60. The van der Waals surface area contributed by atoms with Gasteiger partial charge in [-0.25, -0.2) is 0 Å². The molecule has 0 bridgehead atoms. The number of hydrogen-bond donors (Lipinski definition) is 0. The van der Waals surface area contributed by atoms with E-state index in [0.717, 1.165) is 11.8 Å². The first-order chi connectivity index (χ1) is 11.1. The van der Waals surface area contributed by atoms with Crippen LogP contribution < -0.4 is 0 Å². The third-order valence-corrected chi connectivity index (χ3v) is 8.35. The highest BCUT2D eigenvalue weighted by molar-refractivity contribution is 14.1. The minimum atomic E-state index is 0.436. The van der Waals surface area contributed by atoms with Crippen molar-refractivity contribution in [2.45, 2.75) is 88.9 Å². The maximum absolute atomic E-state index is 5.99. The number of rotatable bonds is 2. The molecule has 0 radical (unpaired) electrons. The molecule has 1 saturated heterocycles. The molecule has 1 aliphatic carbocycles. The Balaban J connectivity index is 2.26. The van der Waals surface area contributed by atoms with E-state index in [-0.39, 0.29) is 0 Å². The molecule has 2 rings (SSSR count). The first-order valence-corrected chi connectivity index (χ1v) is 11.5. The van der Waals surface area contributed by atoms with Crippen LogP contribution in [0.4, 0.5) is 0 Å². The molecule has 24 heavy (non-hydrogen) atoms. The lowest BCUT2D eigenvalue weighted by Gasteiger charge is -2.48. The molecule has 0 aromatic heterocycles. The molecule has 1 saturated carbocycles. The van der Waals surface area contributed by atoms with Crippen molar-refractivity contribution >= 4 is 47.6 Å². The van der Waals surface area contributed by atoms with Gasteiger partial charge in [-0.05, 0) is 66.5 Å². The fraction of sp³-hybridized carbons (Fsp3) is 0.950. The van der Waals surface area contributed by atoms with Crippen molar-refractivity contribution in [1.82, 2.24) is 4.90 Å². The molecule has 0 aromatic carbocycles. The molecular formula is C20H37BINS. The van der Waals surface area contributed by atoms with E-state index >= 15 is 0 Å². The van der Waals surface area contributed by atoms with E-state index in [0.29, 0.717) is 20.7 Å². The Labute approximate surface area is 170 Å². The number of fused-ring (bicyclic) bond motifs is 1. The zero-order chi connectivity index (χ0) is 18.1. The highest BCUT2D eigenvalue weighted by Gasteiger charge is 2.42. The van der Waals surface area contributed by atoms with Crippen molar-refractivity contribution in [1.29, 1.82) is 0 Å². The molecule has 0 spiro atoms. The normalized spacial score (nSPS) is 39.2. The second kappa shape index (κ2) is 8.14. The lowest BCUT2D eigenvalue weighted by molar-refractivity contribution is 0.0990. The molecular weight excluding hydrogens is 424 g/mol. The Morgan fingerprint density at radius 3 is 2.46 bits per heavy atom. The quantitative estimate of drug-likeness (QED) is 0.233. The van der Waals surface area contributed by atoms with Crippen LogP contribution in [0.15, 0.2) is 0 Å². The minimum absolute atomic E-state index is 0.436. The molecule has 4 heteroatoms. The molecule has 2 fully saturated rings. The molecule has 1 nitrogen and oxygen atoms in total. The topological polar surface area (TPSA) is 3.24 Å². The average Bonchev–Trinajstić information content (AvgIpc) is 2.44. The third kappa shape index (κ3) is 4.89. The van der Waals surface area contributed by atoms with E-state index in [4.69, 9.17) is 12.2 Å². The maximum atomic E-state index is 5.99. The largest absolute Gasteiger partial charge is 0.363 e. The van der Waals surface area contributed by atoms with Gasteiger partial charge in [0, 0.05) is 18.5 Å². The van der Waals surface area contributed by atoms with Crippen LogP contribution in [-0.2, 0) is 0 Å². The molecule has 4 unspecified atom stereocenters. The van der Waals surface area contributed by atoms with Crippen molar-refractivity contribution in [3.05, 3.63) is 0 Å². The first-order valence-electron chi connectivity index (χ1n) is 10.1. The zero-order valence-corrected chi connectivity index (χ0v) is 19.7. The molecule has 0 amide bonds. The van der Waals surface area contributed by atoms with Crippen LogP contribution >= 0.6 is 34.8 Å². The summed E-state index contributed by atoms with van der Waals surface area (Å²) < 4.78 is 0.447. The van der Waals surface area contributed by atoms with Gasteiger partial charge in [-0.3, -0.25) is 0 Å². The summed E-state index contributed by atoms with van der Waals surface area (Å²) in [7, 11) is 2.49. The summed E-state index contributed by atoms with van der Waals surface area (Å²) in [5.41, 5.74) is 0.436. The Hall–Kier alpha value is 0.685. The van der Waals surface area contributed by atoms with E-state index in [1.54, 1.807) is 0 Å². The van der Waals surface area contributed by atoms with Crippen molar-refractivity contribution in [2.24, 2.45) is 23.2 Å². The van der Waals surface area contributed by atoms with E-state index in [1.165, 1.54) is 56.5 Å². The molecule has 4 atom stereocenters. The Kier molecular flexibility index (Phi) is 7.12. The van der Waals surface area contributed by atoms with E-state index in [9.17, 15) is 0 Å². The molecule has 138 valence electrons. The van der Waals surface area contributed by atoms with Gasteiger partial charge >= 0.3 is 0 Å². The minimum Gasteiger partial charge on any atom is -0.363 e. The zero-order valence-electron chi connectivity index (χ0n) is 16.7. The Morgan fingerprint density at radius 2 is 1.88 bits per heavy atom. The average molecular weight is 461 g/mol. The van der Waals surface area contributed by atoms with Gasteiger partial charge in [0.2, 0.25) is 0 Å². The lowest BCUT2D eigenvalue weighted by Crippen LogP contribution is -2.49. The number of hydrogen-bond acceptors (Lipinski definition) is 1. The number of alkyl halides is 1. The summed E-state index contributed by atoms with van der Waals surface area (Å²) in [5.74, 6) is 2.18. The second-order valence-corrected chi connectivity index (χ2v) is 12.7. The van der Waals surface area contributed by atoms with Gasteiger partial charge in [0.15, 0.2) is 0 Å². The number of likely N-dealkylation sites (tertiary alicyclic amines) is 1. The summed E-state index contributed by atoms with van der Waals surface area (Å²) in [6.45, 7) is 13.2. The summed E-state index contributed by atoms with van der Waals surface area (Å²) >= 11 is 8.74. The molecule has 1 heterocycles. The summed E-state index contributed by atoms with van der Waals surface area (Å²) in [4.78, 5) is 3.79. The highest BCUT2D eigenvalue weighted by Crippen LogP contribution is 2.49. The van der Waals surface area contributed by atoms with Gasteiger partial charge in [-0.1, -0.05) is 68.4 Å². The monoisotopic (exact) mass is 461 g/mol. The predicted octanol–water partition coefficient (Wildman–Crippen LogP) is 5.44. The van der Waals surface area contributed by atoms with Crippen LogP contribution in [0.1, 0.15) is 79.6 Å². The number of halogens is 1. The molecule has 2 aliphatic rings. The first kappa shape index (κ1) is 21.0. The van der Waals surface area contributed by atoms with Gasteiger partial charge in [0.05, 0.1) is 4.99 Å². The van der Waals surface area contributed by atoms with E-state index in [2.05, 4.69) is 70.0 Å². The van der Waals surface area contributed by atoms with Gasteiger partial charge in [0.1, 0.15) is 7.85 Å². The van der Waals surface area contributed by atoms with Gasteiger partial charge in [-0.15, -0.1) is 0 Å². The van der Waals surface area contributed by atoms with Gasteiger partial charge in [0.25, 0.3) is 0 Å². The number of piperidine rings is 1. The fourth-order valence-corrected chi connectivity index (χ4v) is 6.91. The van der Waals surface area contributed by atoms with Gasteiger partial charge < -0.3 is 4.90 Å². The smallest absolute Gasteiger partial charge is 0.122 e. The van der Waals surface area contributed by atoms with E-state index in [1.807, 2.05) is 0 Å². The molecule has 0 aromatic rings. The van der Waals surface area contributed by atoms with Crippen LogP contribution in [0, 0.1) is 23.2 Å². The highest BCUT2D eigenvalue weighted by atomic mass is 127. The summed E-state index contributed by atoms with van der Waals surface area (Å²) in [6, 6.07) is 0.558. The standard InChI is InChI=1S/C20H37BINS/c1-14(2)19(5)12-16-9-11-23(15(3)4)18(24)17(16)8-6-7-10-20(21,22)13-19/h14-17H,6-13,21H2,1-5H3. The van der Waals surface area contributed by atoms with Crippen molar-refractivity contribution in [2.75, 3.05) is 6.54 Å². The van der Waals surface area contributed by atoms with Crippen LogP contribution in [0.25, 0.3) is 0 Å². The van der Waals surface area contributed by atoms with Crippen LogP contribution in [0.3, 0.4) is 0 Å². The summed E-state index contributed by atoms with van der Waals surface area (Å²) in [5, 5.41) is 0. The second-order valence-electron chi connectivity index (χ2n) is 9.63. The Morgan fingerprint density at radius 1 is 1.21 bits per heavy atom. The Bertz CT molecular complexity index is 451. The molecule has 0 N–H and O–H groups in total. The third-order valence-electron chi connectivity index (χ3n) is 6.89. The fourth-order valence-electron chi connectivity index (χ4n) is 5.05. The molecule has 1 aliphatic heterocycles. The maximum Gasteiger partial charge on any atom is 0.122 e. The SMILES string of the molecule is BC1(I)CCCCC2C(=S)N(C(C)C)CCC2CC(C)(C(C)C)C1. The van der Waals surface area contributed by atoms with Crippen molar-refractivity contribution in [3.63, 3.8) is 0 Å². The van der Waals surface area contributed by atoms with Crippen molar-refractivity contribution < 1.29 is 0 Å². The van der Waals surface area contributed by atoms with Crippen LogP contribution in [0.2, 0.25) is 0 Å². The van der Waals surface area contributed by atoms with Crippen LogP contribution in [0.5, 0.6) is 0 Å². The predicted molar refractivity (Wildman–Crippen MR) is 122 cm³/mol. The summed E-state index contributed by atoms with van der Waals surface area (Å²) in [6.07, 6.45) is 9.43.